The minimum atomic E-state index is -0.505. The van der Waals surface area contributed by atoms with Crippen molar-refractivity contribution < 1.29 is 19.4 Å². The number of benzene rings is 1. The molecule has 0 unspecified atom stereocenters. The zero-order chi connectivity index (χ0) is 15.6. The highest BCUT2D eigenvalue weighted by molar-refractivity contribution is 6.30. The van der Waals surface area contributed by atoms with Crippen LogP contribution in [-0.2, 0) is 4.74 Å². The van der Waals surface area contributed by atoms with Gasteiger partial charge >= 0.3 is 6.09 Å². The van der Waals surface area contributed by atoms with Gasteiger partial charge < -0.3 is 19.5 Å². The number of halogens is 1. The molecule has 1 aliphatic rings. The smallest absolute Gasteiger partial charge is 0.410 e. The molecule has 1 atom stereocenters. The number of aromatic hydroxyl groups is 1. The Morgan fingerprint density at radius 3 is 2.71 bits per heavy atom. The molecule has 116 valence electrons. The van der Waals surface area contributed by atoms with E-state index in [1.807, 2.05) is 20.8 Å². The molecule has 1 aromatic rings. The Labute approximate surface area is 129 Å². The van der Waals surface area contributed by atoms with E-state index < -0.39 is 5.60 Å². The minimum absolute atomic E-state index is 0.0551. The highest BCUT2D eigenvalue weighted by Crippen LogP contribution is 2.27. The standard InChI is InChI=1S/C15H20ClNO4/c1-15(2,3)21-14(19)17-5-4-12(9-17)20-13-7-10(16)6-11(18)8-13/h6-8,12,18H,4-5,9H2,1-3H3/t12-/m1/s1. The van der Waals surface area contributed by atoms with Crippen LogP contribution in [0.2, 0.25) is 5.02 Å². The number of hydrogen-bond donors (Lipinski definition) is 1. The predicted molar refractivity (Wildman–Crippen MR) is 80.0 cm³/mol. The second kappa shape index (κ2) is 6.02. The lowest BCUT2D eigenvalue weighted by atomic mass is 10.2. The molecule has 6 heteroatoms. The molecule has 1 fully saturated rings. The number of carbonyl (C=O) groups is 1. The van der Waals surface area contributed by atoms with Crippen molar-refractivity contribution in [1.82, 2.24) is 4.90 Å². The molecule has 5 nitrogen and oxygen atoms in total. The molecule has 0 radical (unpaired) electrons. The highest BCUT2D eigenvalue weighted by atomic mass is 35.5. The Kier molecular flexibility index (Phi) is 4.52. The van der Waals surface area contributed by atoms with E-state index in [4.69, 9.17) is 21.1 Å². The van der Waals surface area contributed by atoms with Crippen LogP contribution < -0.4 is 4.74 Å². The van der Waals surface area contributed by atoms with E-state index in [1.54, 1.807) is 11.0 Å². The van der Waals surface area contributed by atoms with E-state index in [0.29, 0.717) is 30.3 Å². The fourth-order valence-corrected chi connectivity index (χ4v) is 2.34. The third-order valence-electron chi connectivity index (χ3n) is 2.96. The summed E-state index contributed by atoms with van der Waals surface area (Å²) in [5.74, 6) is 0.551. The number of phenols is 1. The maximum Gasteiger partial charge on any atom is 0.410 e. The highest BCUT2D eigenvalue weighted by Gasteiger charge is 2.30. The first-order valence-electron chi connectivity index (χ1n) is 6.87. The van der Waals surface area contributed by atoms with Crippen molar-refractivity contribution in [3.05, 3.63) is 23.2 Å². The fraction of sp³-hybridized carbons (Fsp3) is 0.533. The number of carbonyl (C=O) groups excluding carboxylic acids is 1. The van der Waals surface area contributed by atoms with Crippen LogP contribution in [0.4, 0.5) is 4.79 Å². The molecule has 1 aliphatic heterocycles. The molecule has 21 heavy (non-hydrogen) atoms. The van der Waals surface area contributed by atoms with Gasteiger partial charge in [0.15, 0.2) is 0 Å². The van der Waals surface area contributed by atoms with Gasteiger partial charge in [0.05, 0.1) is 6.54 Å². The molecule has 0 aromatic heterocycles. The number of amides is 1. The Morgan fingerprint density at radius 1 is 1.38 bits per heavy atom. The van der Waals surface area contributed by atoms with Gasteiger partial charge in [-0.05, 0) is 32.9 Å². The Morgan fingerprint density at radius 2 is 2.10 bits per heavy atom. The molecule has 1 N–H and O–H groups in total. The summed E-state index contributed by atoms with van der Waals surface area (Å²) in [5, 5.41) is 9.90. The number of hydrogen-bond acceptors (Lipinski definition) is 4. The summed E-state index contributed by atoms with van der Waals surface area (Å²) in [4.78, 5) is 13.6. The normalized spacial score (nSPS) is 18.7. The molecule has 0 saturated carbocycles. The summed E-state index contributed by atoms with van der Waals surface area (Å²) < 4.78 is 11.1. The monoisotopic (exact) mass is 313 g/mol. The van der Waals surface area contributed by atoms with E-state index in [-0.39, 0.29) is 17.9 Å². The van der Waals surface area contributed by atoms with Crippen molar-refractivity contribution >= 4 is 17.7 Å². The van der Waals surface area contributed by atoms with E-state index >= 15 is 0 Å². The molecular formula is C15H20ClNO4. The van der Waals surface area contributed by atoms with Crippen LogP contribution in [0.5, 0.6) is 11.5 Å². The first-order valence-corrected chi connectivity index (χ1v) is 7.25. The Bertz CT molecular complexity index is 507. The number of phenolic OH excluding ortho intramolecular Hbond substituents is 1. The molecule has 0 spiro atoms. The predicted octanol–water partition coefficient (Wildman–Crippen LogP) is 3.43. The van der Waals surface area contributed by atoms with E-state index in [2.05, 4.69) is 0 Å². The van der Waals surface area contributed by atoms with Crippen molar-refractivity contribution in [3.8, 4) is 11.5 Å². The van der Waals surface area contributed by atoms with E-state index in [1.165, 1.54) is 12.1 Å². The molecule has 1 amide bonds. The van der Waals surface area contributed by atoms with Gasteiger partial charge in [-0.2, -0.15) is 0 Å². The molecule has 1 saturated heterocycles. The van der Waals surface area contributed by atoms with Crippen molar-refractivity contribution in [3.63, 3.8) is 0 Å². The maximum absolute atomic E-state index is 12.0. The van der Waals surface area contributed by atoms with Crippen molar-refractivity contribution in [2.75, 3.05) is 13.1 Å². The number of ether oxygens (including phenoxy) is 2. The van der Waals surface area contributed by atoms with Gasteiger partial charge in [-0.15, -0.1) is 0 Å². The SMILES string of the molecule is CC(C)(C)OC(=O)N1CC[C@@H](Oc2cc(O)cc(Cl)c2)C1. The lowest BCUT2D eigenvalue weighted by Crippen LogP contribution is -2.36. The number of nitrogens with zero attached hydrogens (tertiary/aromatic N) is 1. The number of likely N-dealkylation sites (tertiary alicyclic amines) is 1. The van der Waals surface area contributed by atoms with Crippen LogP contribution in [0.3, 0.4) is 0 Å². The van der Waals surface area contributed by atoms with Gasteiger partial charge in [0.1, 0.15) is 23.2 Å². The lowest BCUT2D eigenvalue weighted by Gasteiger charge is -2.24. The first-order chi connectivity index (χ1) is 9.73. The van der Waals surface area contributed by atoms with Gasteiger partial charge in [-0.1, -0.05) is 11.6 Å². The molecule has 0 aliphatic carbocycles. The summed E-state index contributed by atoms with van der Waals surface area (Å²) >= 11 is 5.86. The summed E-state index contributed by atoms with van der Waals surface area (Å²) in [6.07, 6.45) is 0.255. The third kappa shape index (κ3) is 4.70. The maximum atomic E-state index is 12.0. The van der Waals surface area contributed by atoms with Crippen molar-refractivity contribution in [2.24, 2.45) is 0 Å². The van der Waals surface area contributed by atoms with Crippen molar-refractivity contribution in [2.45, 2.75) is 38.9 Å². The Hall–Kier alpha value is -1.62. The van der Waals surface area contributed by atoms with Crippen LogP contribution >= 0.6 is 11.6 Å². The molecular weight excluding hydrogens is 294 g/mol. The zero-order valence-electron chi connectivity index (χ0n) is 12.4. The Balaban J connectivity index is 1.92. The quantitative estimate of drug-likeness (QED) is 0.908. The molecule has 0 bridgehead atoms. The first kappa shape index (κ1) is 15.8. The third-order valence-corrected chi connectivity index (χ3v) is 3.17. The fourth-order valence-electron chi connectivity index (χ4n) is 2.13. The summed E-state index contributed by atoms with van der Waals surface area (Å²) in [6.45, 7) is 6.56. The van der Waals surface area contributed by atoms with Crippen LogP contribution in [0.25, 0.3) is 0 Å². The minimum Gasteiger partial charge on any atom is -0.508 e. The average Bonchev–Trinajstić information content (AvgIpc) is 2.73. The second-order valence-electron chi connectivity index (χ2n) is 6.10. The van der Waals surface area contributed by atoms with E-state index in [0.717, 1.165) is 0 Å². The summed E-state index contributed by atoms with van der Waals surface area (Å²) in [6, 6.07) is 4.58. The van der Waals surface area contributed by atoms with Crippen molar-refractivity contribution in [1.29, 1.82) is 0 Å². The van der Waals surface area contributed by atoms with Gasteiger partial charge in [0.2, 0.25) is 0 Å². The lowest BCUT2D eigenvalue weighted by molar-refractivity contribution is 0.0275. The van der Waals surface area contributed by atoms with Gasteiger partial charge in [-0.3, -0.25) is 0 Å². The van der Waals surface area contributed by atoms with Gasteiger partial charge in [0.25, 0.3) is 0 Å². The van der Waals surface area contributed by atoms with Crippen LogP contribution in [0.1, 0.15) is 27.2 Å². The van der Waals surface area contributed by atoms with Gasteiger partial charge in [-0.25, -0.2) is 4.79 Å². The molecule has 1 aromatic carbocycles. The topological polar surface area (TPSA) is 59.0 Å². The summed E-state index contributed by atoms with van der Waals surface area (Å²) in [7, 11) is 0. The second-order valence-corrected chi connectivity index (χ2v) is 6.54. The van der Waals surface area contributed by atoms with E-state index in [9.17, 15) is 9.90 Å². The van der Waals surface area contributed by atoms with Gasteiger partial charge in [0, 0.05) is 24.1 Å². The van der Waals surface area contributed by atoms with Crippen LogP contribution in [0, 0.1) is 0 Å². The average molecular weight is 314 g/mol. The summed E-state index contributed by atoms with van der Waals surface area (Å²) in [5.41, 5.74) is -0.505. The largest absolute Gasteiger partial charge is 0.508 e. The van der Waals surface area contributed by atoms with Crippen LogP contribution in [0.15, 0.2) is 18.2 Å². The van der Waals surface area contributed by atoms with Crippen LogP contribution in [-0.4, -0.2) is 40.9 Å². The molecule has 2 rings (SSSR count). The molecule has 1 heterocycles. The zero-order valence-corrected chi connectivity index (χ0v) is 13.2. The number of rotatable bonds is 2.